The summed E-state index contributed by atoms with van der Waals surface area (Å²) < 4.78 is 1.70. The SMILES string of the molecule is [O]CCC(Br)=C(Br)Br. The van der Waals surface area contributed by atoms with Crippen molar-refractivity contribution in [2.24, 2.45) is 0 Å². The maximum atomic E-state index is 9.94. The Bertz CT molecular complexity index is 95.5. The first-order chi connectivity index (χ1) is 3.68. The molecule has 0 aromatic rings. The minimum Gasteiger partial charge on any atom is -0.236 e. The summed E-state index contributed by atoms with van der Waals surface area (Å²) in [7, 11) is 0. The Kier molecular flexibility index (Phi) is 5.68. The highest BCUT2D eigenvalue weighted by atomic mass is 79.9. The lowest BCUT2D eigenvalue weighted by molar-refractivity contribution is 0.199. The van der Waals surface area contributed by atoms with Crippen molar-refractivity contribution in [2.75, 3.05) is 6.61 Å². The van der Waals surface area contributed by atoms with Crippen molar-refractivity contribution in [3.63, 3.8) is 0 Å². The van der Waals surface area contributed by atoms with Gasteiger partial charge in [-0.05, 0) is 31.9 Å². The summed E-state index contributed by atoms with van der Waals surface area (Å²) in [6, 6.07) is 0. The zero-order valence-corrected chi connectivity index (χ0v) is 8.71. The van der Waals surface area contributed by atoms with Crippen molar-refractivity contribution in [3.8, 4) is 0 Å². The average Bonchev–Trinajstić information content (AvgIpc) is 1.67. The number of hydrogen-bond donors (Lipinski definition) is 0. The van der Waals surface area contributed by atoms with E-state index in [9.17, 15) is 5.11 Å². The summed E-state index contributed by atoms with van der Waals surface area (Å²) in [4.78, 5) is 0. The van der Waals surface area contributed by atoms with Crippen LogP contribution in [0.1, 0.15) is 6.42 Å². The molecule has 1 nitrogen and oxygen atoms in total. The second-order valence-corrected chi connectivity index (χ2v) is 4.73. The van der Waals surface area contributed by atoms with Crippen LogP contribution in [0.5, 0.6) is 0 Å². The molecule has 0 saturated carbocycles. The molecule has 0 N–H and O–H groups in total. The van der Waals surface area contributed by atoms with Crippen molar-refractivity contribution in [2.45, 2.75) is 6.42 Å². The van der Waals surface area contributed by atoms with E-state index in [1.165, 1.54) is 0 Å². The van der Waals surface area contributed by atoms with Crippen molar-refractivity contribution in [1.82, 2.24) is 0 Å². The highest BCUT2D eigenvalue weighted by Gasteiger charge is 1.94. The number of hydrogen-bond acceptors (Lipinski definition) is 0. The molecule has 0 rings (SSSR count). The predicted octanol–water partition coefficient (Wildman–Crippen LogP) is 3.16. The molecule has 47 valence electrons. The minimum absolute atomic E-state index is 0.0821. The predicted molar refractivity (Wildman–Crippen MR) is 44.0 cm³/mol. The number of rotatable bonds is 2. The molecule has 0 aliphatic rings. The van der Waals surface area contributed by atoms with E-state index in [1.807, 2.05) is 0 Å². The van der Waals surface area contributed by atoms with Crippen LogP contribution in [0.2, 0.25) is 0 Å². The van der Waals surface area contributed by atoms with Crippen LogP contribution >= 0.6 is 47.8 Å². The first-order valence-corrected chi connectivity index (χ1v) is 4.34. The normalized spacial score (nSPS) is 9.00. The molecule has 8 heavy (non-hydrogen) atoms. The molecule has 0 saturated heterocycles. The summed E-state index contributed by atoms with van der Waals surface area (Å²) in [5.74, 6) is 0. The molecular weight excluding hydrogens is 304 g/mol. The molecule has 0 atom stereocenters. The Balaban J connectivity index is 3.62. The van der Waals surface area contributed by atoms with Crippen LogP contribution in [-0.2, 0) is 5.11 Å². The molecule has 4 heteroatoms. The fraction of sp³-hybridized carbons (Fsp3) is 0.500. The van der Waals surface area contributed by atoms with E-state index in [0.717, 1.165) is 7.87 Å². The van der Waals surface area contributed by atoms with Crippen LogP contribution in [0, 0.1) is 0 Å². The van der Waals surface area contributed by atoms with Gasteiger partial charge >= 0.3 is 0 Å². The molecule has 0 aromatic heterocycles. The zero-order valence-electron chi connectivity index (χ0n) is 3.96. The van der Waals surface area contributed by atoms with E-state index < -0.39 is 0 Å². The second-order valence-electron chi connectivity index (χ2n) is 1.12. The number of halogens is 3. The smallest absolute Gasteiger partial charge is 0.0868 e. The summed E-state index contributed by atoms with van der Waals surface area (Å²) >= 11 is 9.49. The van der Waals surface area contributed by atoms with Crippen LogP contribution < -0.4 is 0 Å². The third-order valence-corrected chi connectivity index (χ3v) is 3.34. The third kappa shape index (κ3) is 4.06. The Hall–Kier alpha value is 1.14. The fourth-order valence-corrected chi connectivity index (χ4v) is 0.742. The van der Waals surface area contributed by atoms with Gasteiger partial charge in [-0.1, -0.05) is 15.9 Å². The maximum absolute atomic E-state index is 9.94. The Morgan fingerprint density at radius 3 is 1.88 bits per heavy atom. The molecule has 0 unspecified atom stereocenters. The first-order valence-electron chi connectivity index (χ1n) is 1.96. The van der Waals surface area contributed by atoms with Gasteiger partial charge in [-0.25, -0.2) is 5.11 Å². The average molecular weight is 308 g/mol. The Morgan fingerprint density at radius 2 is 1.75 bits per heavy atom. The van der Waals surface area contributed by atoms with Gasteiger partial charge < -0.3 is 0 Å². The van der Waals surface area contributed by atoms with Crippen molar-refractivity contribution in [1.29, 1.82) is 0 Å². The van der Waals surface area contributed by atoms with E-state index >= 15 is 0 Å². The first kappa shape index (κ1) is 9.14. The lowest BCUT2D eigenvalue weighted by atomic mass is 10.5. The van der Waals surface area contributed by atoms with E-state index in [1.54, 1.807) is 0 Å². The molecule has 0 heterocycles. The summed E-state index contributed by atoms with van der Waals surface area (Å²) in [6.07, 6.45) is 0.534. The van der Waals surface area contributed by atoms with Gasteiger partial charge in [0.25, 0.3) is 0 Å². The van der Waals surface area contributed by atoms with Gasteiger partial charge in [0.1, 0.15) is 0 Å². The fourth-order valence-electron chi connectivity index (χ4n) is 0.184. The summed E-state index contributed by atoms with van der Waals surface area (Å²) in [5.41, 5.74) is 0. The van der Waals surface area contributed by atoms with Gasteiger partial charge in [-0.15, -0.1) is 0 Å². The molecule has 0 aromatic carbocycles. The molecular formula is C4H4Br3O. The van der Waals surface area contributed by atoms with Crippen LogP contribution in [0.25, 0.3) is 0 Å². The molecule has 0 aliphatic carbocycles. The highest BCUT2D eigenvalue weighted by Crippen LogP contribution is 2.25. The standard InChI is InChI=1S/C4H4Br3O/c5-3(1-2-8)4(6)7/h1-2H2. The van der Waals surface area contributed by atoms with Crippen molar-refractivity contribution in [3.05, 3.63) is 7.87 Å². The highest BCUT2D eigenvalue weighted by molar-refractivity contribution is 9.29. The zero-order chi connectivity index (χ0) is 6.57. The topological polar surface area (TPSA) is 19.9 Å². The molecule has 0 fully saturated rings. The van der Waals surface area contributed by atoms with Crippen molar-refractivity contribution < 1.29 is 5.11 Å². The van der Waals surface area contributed by atoms with Crippen LogP contribution in [0.4, 0.5) is 0 Å². The second kappa shape index (κ2) is 4.97. The third-order valence-electron chi connectivity index (χ3n) is 0.527. The van der Waals surface area contributed by atoms with Gasteiger partial charge in [-0.3, -0.25) is 0 Å². The largest absolute Gasteiger partial charge is 0.236 e. The van der Waals surface area contributed by atoms with Crippen LogP contribution in [-0.4, -0.2) is 6.61 Å². The van der Waals surface area contributed by atoms with Gasteiger partial charge in [0, 0.05) is 10.9 Å². The van der Waals surface area contributed by atoms with E-state index in [2.05, 4.69) is 47.8 Å². The molecule has 0 spiro atoms. The summed E-state index contributed by atoms with van der Waals surface area (Å²) in [6.45, 7) is -0.0821. The van der Waals surface area contributed by atoms with Gasteiger partial charge in [0.05, 0.1) is 10.00 Å². The lowest BCUT2D eigenvalue weighted by Crippen LogP contribution is -1.78. The quantitative estimate of drug-likeness (QED) is 0.747. The van der Waals surface area contributed by atoms with Gasteiger partial charge in [0.15, 0.2) is 0 Å². The monoisotopic (exact) mass is 305 g/mol. The molecule has 1 radical (unpaired) electrons. The minimum atomic E-state index is -0.0821. The van der Waals surface area contributed by atoms with Crippen molar-refractivity contribution >= 4 is 47.8 Å². The van der Waals surface area contributed by atoms with E-state index in [4.69, 9.17) is 0 Å². The van der Waals surface area contributed by atoms with Crippen LogP contribution in [0.3, 0.4) is 0 Å². The van der Waals surface area contributed by atoms with E-state index in [0.29, 0.717) is 6.42 Å². The molecule has 0 bridgehead atoms. The lowest BCUT2D eigenvalue weighted by Gasteiger charge is -1.91. The Labute approximate surface area is 73.5 Å². The van der Waals surface area contributed by atoms with Gasteiger partial charge in [-0.2, -0.15) is 0 Å². The summed E-state index contributed by atoms with van der Waals surface area (Å²) in [5, 5.41) is 9.94. The Morgan fingerprint density at radius 1 is 1.25 bits per heavy atom. The maximum Gasteiger partial charge on any atom is 0.0868 e. The molecule has 0 amide bonds. The van der Waals surface area contributed by atoms with Crippen LogP contribution in [0.15, 0.2) is 7.87 Å². The van der Waals surface area contributed by atoms with Gasteiger partial charge in [0.2, 0.25) is 0 Å². The van der Waals surface area contributed by atoms with E-state index in [-0.39, 0.29) is 6.61 Å². The molecule has 0 aliphatic heterocycles.